The molecule has 1 unspecified atom stereocenters. The van der Waals surface area contributed by atoms with Gasteiger partial charge in [-0.05, 0) is 39.7 Å². The zero-order valence-corrected chi connectivity index (χ0v) is 12.4. The highest BCUT2D eigenvalue weighted by Gasteiger charge is 2.25. The molecular weight excluding hydrogens is 224 g/mol. The van der Waals surface area contributed by atoms with Crippen LogP contribution in [-0.4, -0.2) is 36.0 Å². The van der Waals surface area contributed by atoms with Gasteiger partial charge in [-0.3, -0.25) is 4.79 Å². The average molecular weight is 254 g/mol. The molecule has 0 saturated carbocycles. The summed E-state index contributed by atoms with van der Waals surface area (Å²) < 4.78 is 0. The van der Waals surface area contributed by atoms with Crippen LogP contribution in [0.5, 0.6) is 0 Å². The quantitative estimate of drug-likeness (QED) is 0.739. The monoisotopic (exact) mass is 254 g/mol. The van der Waals surface area contributed by atoms with Crippen molar-refractivity contribution in [2.75, 3.05) is 13.1 Å². The lowest BCUT2D eigenvalue weighted by Crippen LogP contribution is -2.49. The highest BCUT2D eigenvalue weighted by atomic mass is 16.2. The molecule has 1 atom stereocenters. The van der Waals surface area contributed by atoms with E-state index in [0.29, 0.717) is 11.9 Å². The van der Waals surface area contributed by atoms with Crippen molar-refractivity contribution in [2.24, 2.45) is 0 Å². The number of hydrogen-bond donors (Lipinski definition) is 1. The van der Waals surface area contributed by atoms with E-state index in [9.17, 15) is 4.79 Å². The molecule has 0 aromatic carbocycles. The van der Waals surface area contributed by atoms with Gasteiger partial charge in [0.2, 0.25) is 5.91 Å². The Morgan fingerprint density at radius 2 is 2.06 bits per heavy atom. The maximum Gasteiger partial charge on any atom is 0.239 e. The van der Waals surface area contributed by atoms with E-state index in [1.807, 2.05) is 0 Å². The lowest BCUT2D eigenvalue weighted by atomic mass is 10.1. The predicted octanol–water partition coefficient (Wildman–Crippen LogP) is 2.95. The lowest BCUT2D eigenvalue weighted by Gasteiger charge is -2.30. The fraction of sp³-hybridized carbons (Fsp3) is 0.933. The maximum atomic E-state index is 12.6. The van der Waals surface area contributed by atoms with Crippen LogP contribution < -0.4 is 5.32 Å². The van der Waals surface area contributed by atoms with E-state index in [4.69, 9.17) is 0 Å². The third kappa shape index (κ3) is 4.97. The first-order chi connectivity index (χ1) is 8.66. The summed E-state index contributed by atoms with van der Waals surface area (Å²) in [6.45, 7) is 8.37. The van der Waals surface area contributed by atoms with Crippen LogP contribution in [0.3, 0.4) is 0 Å². The molecule has 0 radical (unpaired) electrons. The summed E-state index contributed by atoms with van der Waals surface area (Å²) in [4.78, 5) is 14.6. The van der Waals surface area contributed by atoms with Gasteiger partial charge in [0, 0.05) is 12.6 Å². The van der Waals surface area contributed by atoms with Gasteiger partial charge >= 0.3 is 0 Å². The van der Waals surface area contributed by atoms with E-state index in [2.05, 4.69) is 31.0 Å². The van der Waals surface area contributed by atoms with E-state index in [-0.39, 0.29) is 6.04 Å². The number of carbonyl (C=O) groups excluding carboxylic acids is 1. The van der Waals surface area contributed by atoms with Gasteiger partial charge in [0.25, 0.3) is 0 Å². The van der Waals surface area contributed by atoms with Crippen molar-refractivity contribution in [2.45, 2.75) is 77.8 Å². The average Bonchev–Trinajstić information content (AvgIpc) is 2.62. The van der Waals surface area contributed by atoms with Crippen LogP contribution in [0.4, 0.5) is 0 Å². The minimum absolute atomic E-state index is 0.0662. The molecular formula is C15H30N2O. The molecule has 0 spiro atoms. The Hall–Kier alpha value is -0.570. The molecule has 3 heteroatoms. The summed E-state index contributed by atoms with van der Waals surface area (Å²) in [5.74, 6) is 0.322. The van der Waals surface area contributed by atoms with Gasteiger partial charge in [-0.2, -0.15) is 0 Å². The standard InChI is InChI=1S/C15H30N2O/c1-4-5-9-12-17(13(2)3)15(18)14-10-7-6-8-11-16-14/h13-14,16H,4-12H2,1-3H3. The highest BCUT2D eigenvalue weighted by molar-refractivity contribution is 5.82. The minimum atomic E-state index is 0.0662. The second-order valence-electron chi connectivity index (χ2n) is 5.69. The number of carbonyl (C=O) groups is 1. The SMILES string of the molecule is CCCCCN(C(=O)C1CCCCCN1)C(C)C. The van der Waals surface area contributed by atoms with Crippen molar-refractivity contribution in [3.63, 3.8) is 0 Å². The fourth-order valence-electron chi connectivity index (χ4n) is 2.59. The molecule has 3 nitrogen and oxygen atoms in total. The highest BCUT2D eigenvalue weighted by Crippen LogP contribution is 2.13. The zero-order chi connectivity index (χ0) is 13.4. The van der Waals surface area contributed by atoms with Crippen LogP contribution in [0.1, 0.15) is 65.7 Å². The smallest absolute Gasteiger partial charge is 0.239 e. The number of amides is 1. The molecule has 1 fully saturated rings. The van der Waals surface area contributed by atoms with Gasteiger partial charge in [-0.25, -0.2) is 0 Å². The van der Waals surface area contributed by atoms with Crippen molar-refractivity contribution < 1.29 is 4.79 Å². The van der Waals surface area contributed by atoms with Crippen molar-refractivity contribution in [1.82, 2.24) is 10.2 Å². The van der Waals surface area contributed by atoms with E-state index < -0.39 is 0 Å². The van der Waals surface area contributed by atoms with Crippen LogP contribution in [0.25, 0.3) is 0 Å². The van der Waals surface area contributed by atoms with E-state index in [0.717, 1.165) is 25.9 Å². The number of nitrogens with zero attached hydrogens (tertiary/aromatic N) is 1. The Labute approximate surface area is 112 Å². The molecule has 18 heavy (non-hydrogen) atoms. The Morgan fingerprint density at radius 3 is 2.72 bits per heavy atom. The molecule has 0 aromatic rings. The first kappa shape index (κ1) is 15.5. The number of hydrogen-bond acceptors (Lipinski definition) is 2. The molecule has 0 aliphatic carbocycles. The Morgan fingerprint density at radius 1 is 1.28 bits per heavy atom. The summed E-state index contributed by atoms with van der Waals surface area (Å²) in [6.07, 6.45) is 8.22. The minimum Gasteiger partial charge on any atom is -0.339 e. The molecule has 0 aromatic heterocycles. The normalized spacial score (nSPS) is 20.8. The first-order valence-corrected chi connectivity index (χ1v) is 7.70. The molecule has 1 rings (SSSR count). The molecule has 1 N–H and O–H groups in total. The molecule has 1 amide bonds. The first-order valence-electron chi connectivity index (χ1n) is 7.70. The van der Waals surface area contributed by atoms with Crippen molar-refractivity contribution in [1.29, 1.82) is 0 Å². The molecule has 0 bridgehead atoms. The van der Waals surface area contributed by atoms with Gasteiger partial charge in [0.15, 0.2) is 0 Å². The van der Waals surface area contributed by atoms with E-state index >= 15 is 0 Å². The van der Waals surface area contributed by atoms with Crippen molar-refractivity contribution in [3.05, 3.63) is 0 Å². The molecule has 1 heterocycles. The molecule has 106 valence electrons. The number of nitrogens with one attached hydrogen (secondary N) is 1. The fourth-order valence-corrected chi connectivity index (χ4v) is 2.59. The van der Waals surface area contributed by atoms with Crippen molar-refractivity contribution >= 4 is 5.91 Å². The topological polar surface area (TPSA) is 32.3 Å². The van der Waals surface area contributed by atoms with Crippen LogP contribution in [-0.2, 0) is 4.79 Å². The maximum absolute atomic E-state index is 12.6. The third-order valence-corrected chi connectivity index (χ3v) is 3.77. The van der Waals surface area contributed by atoms with Gasteiger partial charge < -0.3 is 10.2 Å². The van der Waals surface area contributed by atoms with Gasteiger partial charge in [-0.15, -0.1) is 0 Å². The second-order valence-corrected chi connectivity index (χ2v) is 5.69. The second kappa shape index (κ2) is 8.52. The van der Waals surface area contributed by atoms with E-state index in [1.165, 1.54) is 32.1 Å². The predicted molar refractivity (Wildman–Crippen MR) is 76.6 cm³/mol. The van der Waals surface area contributed by atoms with Crippen LogP contribution >= 0.6 is 0 Å². The number of rotatable bonds is 6. The Balaban J connectivity index is 2.51. The van der Waals surface area contributed by atoms with Gasteiger partial charge in [0.05, 0.1) is 6.04 Å². The largest absolute Gasteiger partial charge is 0.339 e. The van der Waals surface area contributed by atoms with Crippen LogP contribution in [0.2, 0.25) is 0 Å². The van der Waals surface area contributed by atoms with E-state index in [1.54, 1.807) is 0 Å². The molecule has 1 aliphatic rings. The molecule has 1 saturated heterocycles. The lowest BCUT2D eigenvalue weighted by molar-refractivity contribution is -0.135. The van der Waals surface area contributed by atoms with Crippen LogP contribution in [0, 0.1) is 0 Å². The van der Waals surface area contributed by atoms with Crippen LogP contribution in [0.15, 0.2) is 0 Å². The summed E-state index contributed by atoms with van der Waals surface area (Å²) in [6, 6.07) is 0.385. The summed E-state index contributed by atoms with van der Waals surface area (Å²) in [7, 11) is 0. The van der Waals surface area contributed by atoms with Gasteiger partial charge in [0.1, 0.15) is 0 Å². The Bertz CT molecular complexity index is 233. The van der Waals surface area contributed by atoms with Gasteiger partial charge in [-0.1, -0.05) is 32.6 Å². The summed E-state index contributed by atoms with van der Waals surface area (Å²) >= 11 is 0. The van der Waals surface area contributed by atoms with Crippen molar-refractivity contribution in [3.8, 4) is 0 Å². The number of unbranched alkanes of at least 4 members (excludes halogenated alkanes) is 2. The summed E-state index contributed by atoms with van der Waals surface area (Å²) in [5.41, 5.74) is 0. The summed E-state index contributed by atoms with van der Waals surface area (Å²) in [5, 5.41) is 3.42. The third-order valence-electron chi connectivity index (χ3n) is 3.77. The Kier molecular flexibility index (Phi) is 7.33. The molecule has 1 aliphatic heterocycles. The zero-order valence-electron chi connectivity index (χ0n) is 12.4.